The highest BCUT2D eigenvalue weighted by Crippen LogP contribution is 2.37. The van der Waals surface area contributed by atoms with Gasteiger partial charge in [-0.1, -0.05) is 23.7 Å². The van der Waals surface area contributed by atoms with Gasteiger partial charge in [-0.15, -0.1) is 0 Å². The summed E-state index contributed by atoms with van der Waals surface area (Å²) in [6, 6.07) is 16.1. The molecule has 0 unspecified atom stereocenters. The van der Waals surface area contributed by atoms with E-state index in [1.165, 1.54) is 37.5 Å². The van der Waals surface area contributed by atoms with Gasteiger partial charge in [0.1, 0.15) is 19.0 Å². The molecule has 1 aliphatic rings. The van der Waals surface area contributed by atoms with Crippen LogP contribution in [0, 0.1) is 5.82 Å². The molecule has 0 aliphatic carbocycles. The smallest absolute Gasteiger partial charge is 0.363 e. The first kappa shape index (κ1) is 24.1. The topological polar surface area (TPSA) is 75.6 Å². The van der Waals surface area contributed by atoms with E-state index in [2.05, 4.69) is 4.99 Å². The van der Waals surface area contributed by atoms with Gasteiger partial charge in [0, 0.05) is 5.56 Å². The largest absolute Gasteiger partial charge is 0.493 e. The van der Waals surface area contributed by atoms with Gasteiger partial charge in [-0.2, -0.15) is 0 Å². The third-order valence-corrected chi connectivity index (χ3v) is 5.20. The number of carbonyl (C=O) groups is 1. The minimum absolute atomic E-state index is 0.0707. The standard InChI is InChI=1S/C26H21ClFNO6/c1-31-21-5-3-4-6-22(21)33-11-12-34-24-19(27)13-16(15-23(24)32-2)14-20-26(30)35-25(29-20)17-7-9-18(28)10-8-17/h3-10,13-15H,11-12H2,1-2H3. The predicted molar refractivity (Wildman–Crippen MR) is 129 cm³/mol. The molecule has 3 aromatic rings. The van der Waals surface area contributed by atoms with Crippen molar-refractivity contribution in [2.24, 2.45) is 4.99 Å². The molecule has 0 fully saturated rings. The molecule has 9 heteroatoms. The molecule has 35 heavy (non-hydrogen) atoms. The molecule has 0 aromatic heterocycles. The summed E-state index contributed by atoms with van der Waals surface area (Å²) in [6.45, 7) is 0.449. The van der Waals surface area contributed by atoms with Gasteiger partial charge in [-0.25, -0.2) is 14.2 Å². The normalized spacial score (nSPS) is 13.9. The van der Waals surface area contributed by atoms with E-state index in [4.69, 9.17) is 35.3 Å². The van der Waals surface area contributed by atoms with Crippen LogP contribution in [-0.4, -0.2) is 39.3 Å². The zero-order chi connectivity index (χ0) is 24.8. The third-order valence-electron chi connectivity index (χ3n) is 4.92. The molecule has 1 heterocycles. The van der Waals surface area contributed by atoms with Gasteiger partial charge in [0.15, 0.2) is 28.7 Å². The van der Waals surface area contributed by atoms with Crippen LogP contribution < -0.4 is 18.9 Å². The van der Waals surface area contributed by atoms with Crippen molar-refractivity contribution < 1.29 is 32.9 Å². The van der Waals surface area contributed by atoms with E-state index < -0.39 is 11.8 Å². The maximum atomic E-state index is 13.2. The second-order valence-electron chi connectivity index (χ2n) is 7.22. The highest BCUT2D eigenvalue weighted by Gasteiger charge is 2.24. The molecular formula is C26H21ClFNO6. The molecule has 0 amide bonds. The predicted octanol–water partition coefficient (Wildman–Crippen LogP) is 5.30. The number of benzene rings is 3. The molecule has 0 atom stereocenters. The summed E-state index contributed by atoms with van der Waals surface area (Å²) >= 11 is 6.44. The number of carbonyl (C=O) groups excluding carboxylic acids is 1. The number of methoxy groups -OCH3 is 2. The van der Waals surface area contributed by atoms with E-state index >= 15 is 0 Å². The third kappa shape index (κ3) is 5.73. The first-order valence-electron chi connectivity index (χ1n) is 10.5. The molecule has 180 valence electrons. The van der Waals surface area contributed by atoms with Crippen molar-refractivity contribution in [1.82, 2.24) is 0 Å². The van der Waals surface area contributed by atoms with E-state index in [-0.39, 0.29) is 29.8 Å². The van der Waals surface area contributed by atoms with Crippen molar-refractivity contribution in [3.63, 3.8) is 0 Å². The number of hydrogen-bond acceptors (Lipinski definition) is 7. The SMILES string of the molecule is COc1ccccc1OCCOc1c(Cl)cc(C=C2N=C(c3ccc(F)cc3)OC2=O)cc1OC. The average Bonchev–Trinajstić information content (AvgIpc) is 3.23. The Morgan fingerprint density at radius 3 is 2.34 bits per heavy atom. The Hall–Kier alpha value is -4.04. The molecule has 0 radical (unpaired) electrons. The Morgan fingerprint density at radius 2 is 1.63 bits per heavy atom. The van der Waals surface area contributed by atoms with E-state index in [0.717, 1.165) is 0 Å². The summed E-state index contributed by atoms with van der Waals surface area (Å²) in [5.41, 5.74) is 1.11. The van der Waals surface area contributed by atoms with Crippen LogP contribution in [-0.2, 0) is 9.53 Å². The summed E-state index contributed by atoms with van der Waals surface area (Å²) in [4.78, 5) is 16.5. The van der Waals surface area contributed by atoms with Crippen LogP contribution in [0.5, 0.6) is 23.0 Å². The van der Waals surface area contributed by atoms with Gasteiger partial charge in [-0.05, 0) is 60.2 Å². The van der Waals surface area contributed by atoms with E-state index in [1.807, 2.05) is 12.1 Å². The first-order valence-corrected chi connectivity index (χ1v) is 10.9. The van der Waals surface area contributed by atoms with Crippen LogP contribution in [0.1, 0.15) is 11.1 Å². The van der Waals surface area contributed by atoms with Gasteiger partial charge < -0.3 is 23.7 Å². The lowest BCUT2D eigenvalue weighted by Crippen LogP contribution is -2.10. The summed E-state index contributed by atoms with van der Waals surface area (Å²) in [5.74, 6) is 0.992. The van der Waals surface area contributed by atoms with Crippen molar-refractivity contribution in [2.45, 2.75) is 0 Å². The Labute approximate surface area is 206 Å². The first-order chi connectivity index (χ1) is 17.0. The van der Waals surface area contributed by atoms with Crippen LogP contribution in [0.15, 0.2) is 71.4 Å². The van der Waals surface area contributed by atoms with Crippen molar-refractivity contribution in [2.75, 3.05) is 27.4 Å². The quantitative estimate of drug-likeness (QED) is 0.227. The molecule has 0 saturated carbocycles. The molecule has 0 spiro atoms. The van der Waals surface area contributed by atoms with Gasteiger partial charge >= 0.3 is 5.97 Å². The number of halogens is 2. The van der Waals surface area contributed by atoms with Gasteiger partial charge in [0.25, 0.3) is 0 Å². The van der Waals surface area contributed by atoms with Crippen LogP contribution in [0.2, 0.25) is 5.02 Å². The zero-order valence-electron chi connectivity index (χ0n) is 18.9. The number of esters is 1. The molecule has 4 rings (SSSR count). The van der Waals surface area contributed by atoms with E-state index in [0.29, 0.717) is 34.1 Å². The second kappa shape index (κ2) is 10.9. The Kier molecular flexibility index (Phi) is 7.52. The van der Waals surface area contributed by atoms with Crippen LogP contribution in [0.3, 0.4) is 0 Å². The summed E-state index contributed by atoms with van der Waals surface area (Å²) in [5, 5.41) is 0.280. The summed E-state index contributed by atoms with van der Waals surface area (Å²) in [6.07, 6.45) is 1.52. The lowest BCUT2D eigenvalue weighted by molar-refractivity contribution is -0.129. The van der Waals surface area contributed by atoms with Gasteiger partial charge in [-0.3, -0.25) is 0 Å². The number of hydrogen-bond donors (Lipinski definition) is 0. The van der Waals surface area contributed by atoms with Crippen molar-refractivity contribution >= 4 is 29.5 Å². The Morgan fingerprint density at radius 1 is 0.943 bits per heavy atom. The fourth-order valence-corrected chi connectivity index (χ4v) is 3.55. The van der Waals surface area contributed by atoms with Crippen molar-refractivity contribution in [3.8, 4) is 23.0 Å². The van der Waals surface area contributed by atoms with Crippen LogP contribution >= 0.6 is 11.6 Å². The lowest BCUT2D eigenvalue weighted by atomic mass is 10.1. The zero-order valence-corrected chi connectivity index (χ0v) is 19.7. The summed E-state index contributed by atoms with van der Waals surface area (Å²) < 4.78 is 40.6. The van der Waals surface area contributed by atoms with Crippen LogP contribution in [0.4, 0.5) is 4.39 Å². The maximum absolute atomic E-state index is 13.2. The second-order valence-corrected chi connectivity index (χ2v) is 7.63. The average molecular weight is 498 g/mol. The number of rotatable bonds is 9. The van der Waals surface area contributed by atoms with E-state index in [9.17, 15) is 9.18 Å². The van der Waals surface area contributed by atoms with E-state index in [1.54, 1.807) is 31.4 Å². The highest BCUT2D eigenvalue weighted by atomic mass is 35.5. The van der Waals surface area contributed by atoms with Crippen molar-refractivity contribution in [3.05, 3.63) is 88.3 Å². The minimum atomic E-state index is -0.631. The van der Waals surface area contributed by atoms with Gasteiger partial charge in [0.2, 0.25) is 5.90 Å². The number of nitrogens with zero attached hydrogens (tertiary/aromatic N) is 1. The molecular weight excluding hydrogens is 477 g/mol. The monoisotopic (exact) mass is 497 g/mol. The fourth-order valence-electron chi connectivity index (χ4n) is 3.28. The van der Waals surface area contributed by atoms with Crippen LogP contribution in [0.25, 0.3) is 6.08 Å². The minimum Gasteiger partial charge on any atom is -0.493 e. The summed E-state index contributed by atoms with van der Waals surface area (Å²) in [7, 11) is 3.05. The number of para-hydroxylation sites is 2. The number of ether oxygens (including phenoxy) is 5. The van der Waals surface area contributed by atoms with Gasteiger partial charge in [0.05, 0.1) is 19.2 Å². The molecule has 1 aliphatic heterocycles. The Bertz CT molecular complexity index is 1290. The highest BCUT2D eigenvalue weighted by molar-refractivity contribution is 6.32. The molecule has 3 aromatic carbocycles. The molecule has 0 bridgehead atoms. The molecule has 0 saturated heterocycles. The Balaban J connectivity index is 1.47. The number of cyclic esters (lactones) is 1. The maximum Gasteiger partial charge on any atom is 0.363 e. The molecule has 0 N–H and O–H groups in total. The molecule has 7 nitrogen and oxygen atoms in total. The van der Waals surface area contributed by atoms with Crippen molar-refractivity contribution in [1.29, 1.82) is 0 Å². The fraction of sp³-hybridized carbons (Fsp3) is 0.154. The number of aliphatic imine (C=N–C) groups is 1. The lowest BCUT2D eigenvalue weighted by Gasteiger charge is -2.14.